The van der Waals surface area contributed by atoms with Gasteiger partial charge in [-0.25, -0.2) is 0 Å². The smallest absolute Gasteiger partial charge is 0.252 e. The fourth-order valence-electron chi connectivity index (χ4n) is 16.2. The molecular formula is C93H91BFIrN5OS-2. The monoisotopic (exact) mass is 1550 g/mol. The van der Waals surface area contributed by atoms with Gasteiger partial charge in [0.1, 0.15) is 5.58 Å². The number of nitrogens with zero attached hydrogens (tertiary/aromatic N) is 5. The first-order valence-corrected chi connectivity index (χ1v) is 37.3. The molecule has 0 bridgehead atoms. The molecule has 3 aromatic heterocycles. The summed E-state index contributed by atoms with van der Waals surface area (Å²) < 4.78 is 22.7. The first-order chi connectivity index (χ1) is 48.3. The van der Waals surface area contributed by atoms with Gasteiger partial charge in [-0.05, 0) is 174 Å². The molecule has 0 saturated carbocycles. The second-order valence-corrected chi connectivity index (χ2v) is 35.4. The summed E-state index contributed by atoms with van der Waals surface area (Å²) in [6.45, 7) is 46.5. The van der Waals surface area contributed by atoms with Crippen molar-refractivity contribution in [2.45, 2.75) is 187 Å². The molecule has 0 fully saturated rings. The largest absolute Gasteiger partial charge is 0.500 e. The maximum absolute atomic E-state index is 12.7. The number of benzene rings is 10. The average Bonchev–Trinajstić information content (AvgIpc) is 1.14. The van der Waals surface area contributed by atoms with Gasteiger partial charge >= 0.3 is 0 Å². The van der Waals surface area contributed by atoms with Gasteiger partial charge in [0.15, 0.2) is 0 Å². The van der Waals surface area contributed by atoms with Crippen LogP contribution in [0.15, 0.2) is 190 Å². The molecule has 4 aliphatic heterocycles. The van der Waals surface area contributed by atoms with Crippen LogP contribution >= 0.6 is 11.8 Å². The average molecular weight is 1550 g/mol. The third-order valence-electron chi connectivity index (χ3n) is 22.2. The molecule has 7 heterocycles. The van der Waals surface area contributed by atoms with Crippen LogP contribution in [0.4, 0.5) is 38.5 Å². The molecule has 0 amide bonds. The minimum Gasteiger partial charge on any atom is -0.500 e. The van der Waals surface area contributed by atoms with E-state index in [0.717, 1.165) is 72.3 Å². The molecular weight excluding hydrogens is 1460 g/mol. The Hall–Kier alpha value is -8.79. The Morgan fingerprint density at radius 1 is 0.544 bits per heavy atom. The molecule has 4 aliphatic rings. The molecule has 0 spiro atoms. The summed E-state index contributed by atoms with van der Waals surface area (Å²) in [6, 6.07) is 69.4. The number of aryl methyl sites for hydroxylation is 2. The topological polar surface area (TPSA) is 50.3 Å². The first-order valence-electron chi connectivity index (χ1n) is 36.5. The van der Waals surface area contributed by atoms with Gasteiger partial charge in [-0.2, -0.15) is 0 Å². The molecule has 0 saturated heterocycles. The van der Waals surface area contributed by atoms with Gasteiger partial charge in [-0.3, -0.25) is 9.37 Å². The predicted octanol–water partition coefficient (Wildman–Crippen LogP) is 24.0. The SMILES string of the molecule is CC(C)c1cccc(C(C)C)c1-n1c(-c2[c-]ccc3c2oc2c(-c4cc5c6c(c4)N4c7ccc(C(C)(C)C)cc7C(C)(C)c7cc(C(C)(C)C)cc(c74)B6c4cc(C(C)(C)C)cc6c4N5c4ccc(C(C)(C)C)cc4S6)cccc23)nc2ccccc21.Cc1cnc(-c2[c-]cc(F)cc2)cc1C.[Ir]. The van der Waals surface area contributed by atoms with Crippen molar-refractivity contribution < 1.29 is 28.9 Å². The molecule has 10 aromatic carbocycles. The summed E-state index contributed by atoms with van der Waals surface area (Å²) >= 11 is 1.95. The third-order valence-corrected chi connectivity index (χ3v) is 23.3. The van der Waals surface area contributed by atoms with Crippen molar-refractivity contribution in [3.05, 3.63) is 250 Å². The Balaban J connectivity index is 0.000000475. The van der Waals surface area contributed by atoms with Crippen molar-refractivity contribution in [3.63, 3.8) is 0 Å². The second kappa shape index (κ2) is 24.7. The van der Waals surface area contributed by atoms with Crippen LogP contribution in [0.5, 0.6) is 0 Å². The maximum atomic E-state index is 12.7. The standard InChI is InChI=1S/C80H80BN4OS.C13H11FN.Ir/c1-44(2)51-24-21-25-52(45(3)4)70(51)85-63-31-20-19-30-61(63)82-75(85)56-29-23-28-55-54-27-22-26-53(73(54)86-74(55)56)46-36-65-69-66(37-46)84-64-35-33-48(77(8,9)10)42-67(64)87-68-43-50(79(14,15)16)41-60(72(68)84)81(69)59-40-49(78(11,12)13)39-58-71(59)83(65)62-34-32-47(76(5,6)7)38-57(62)80(58,17)18;1-9-7-13(15-8-10(9)2)11-3-5-12(14)6-4-11;/h19-28,30-45H,1-18H3;3,5-8H,1-2H3;/q2*-1;. The predicted molar refractivity (Wildman–Crippen MR) is 429 cm³/mol. The number of imidazole rings is 1. The van der Waals surface area contributed by atoms with E-state index in [1.54, 1.807) is 6.07 Å². The fourth-order valence-corrected chi connectivity index (χ4v) is 17.4. The summed E-state index contributed by atoms with van der Waals surface area (Å²) in [4.78, 5) is 17.8. The normalized spacial score (nSPS) is 14.1. The van der Waals surface area contributed by atoms with Crippen molar-refractivity contribution in [1.82, 2.24) is 14.5 Å². The van der Waals surface area contributed by atoms with Gasteiger partial charge in [0.25, 0.3) is 6.71 Å². The van der Waals surface area contributed by atoms with Crippen LogP contribution in [-0.4, -0.2) is 21.2 Å². The van der Waals surface area contributed by atoms with Crippen molar-refractivity contribution in [2.75, 3.05) is 9.80 Å². The number of halogens is 1. The van der Waals surface area contributed by atoms with Crippen molar-refractivity contribution in [2.24, 2.45) is 0 Å². The van der Waals surface area contributed by atoms with Crippen molar-refractivity contribution in [3.8, 4) is 39.5 Å². The molecule has 17 rings (SSSR count). The van der Waals surface area contributed by atoms with Gasteiger partial charge in [-0.15, -0.1) is 48.0 Å². The quantitative estimate of drug-likeness (QED) is 0.122. The summed E-state index contributed by atoms with van der Waals surface area (Å²) in [5.74, 6) is 1.11. The van der Waals surface area contributed by atoms with E-state index >= 15 is 0 Å². The van der Waals surface area contributed by atoms with Crippen LogP contribution < -0.4 is 26.2 Å². The molecule has 1 radical (unpaired) electrons. The second-order valence-electron chi connectivity index (χ2n) is 34.4. The molecule has 10 heteroatoms. The Morgan fingerprint density at radius 2 is 1.14 bits per heavy atom. The Kier molecular flexibility index (Phi) is 16.7. The van der Waals surface area contributed by atoms with Crippen LogP contribution in [-0.2, 0) is 47.2 Å². The van der Waals surface area contributed by atoms with Crippen LogP contribution in [0.2, 0.25) is 0 Å². The summed E-state index contributed by atoms with van der Waals surface area (Å²) in [6.07, 6.45) is 1.82. The Bertz CT molecular complexity index is 5620. The molecule has 0 N–H and O–H groups in total. The Morgan fingerprint density at radius 3 is 1.78 bits per heavy atom. The maximum Gasteiger partial charge on any atom is 0.252 e. The van der Waals surface area contributed by atoms with E-state index in [-0.39, 0.29) is 71.5 Å². The van der Waals surface area contributed by atoms with Gasteiger partial charge < -0.3 is 23.8 Å². The van der Waals surface area contributed by atoms with Crippen LogP contribution in [0.3, 0.4) is 0 Å². The van der Waals surface area contributed by atoms with Crippen molar-refractivity contribution >= 4 is 102 Å². The third kappa shape index (κ3) is 11.4. The first kappa shape index (κ1) is 69.9. The van der Waals surface area contributed by atoms with E-state index in [2.05, 4.69) is 302 Å². The molecule has 521 valence electrons. The number of hydrogen-bond donors (Lipinski definition) is 0. The van der Waals surface area contributed by atoms with E-state index in [0.29, 0.717) is 0 Å². The van der Waals surface area contributed by atoms with E-state index < -0.39 is 0 Å². The van der Waals surface area contributed by atoms with Crippen molar-refractivity contribution in [1.29, 1.82) is 0 Å². The summed E-state index contributed by atoms with van der Waals surface area (Å²) in [7, 11) is 0. The van der Waals surface area contributed by atoms with Crippen LogP contribution in [0, 0.1) is 31.8 Å². The minimum atomic E-state index is -0.314. The van der Waals surface area contributed by atoms with E-state index in [1.165, 1.54) is 128 Å². The molecule has 13 aromatic rings. The minimum absolute atomic E-state index is 0. The van der Waals surface area contributed by atoms with Crippen LogP contribution in [0.1, 0.15) is 192 Å². The zero-order valence-corrected chi connectivity index (χ0v) is 66.5. The zero-order chi connectivity index (χ0) is 71.9. The van der Waals surface area contributed by atoms with E-state index in [9.17, 15) is 4.39 Å². The number of aromatic nitrogens is 3. The molecule has 0 aliphatic carbocycles. The molecule has 0 atom stereocenters. The van der Waals surface area contributed by atoms with Gasteiger partial charge in [0.2, 0.25) is 0 Å². The molecule has 6 nitrogen and oxygen atoms in total. The van der Waals surface area contributed by atoms with Gasteiger partial charge in [0, 0.05) is 81.0 Å². The number of fused-ring (bicyclic) bond motifs is 12. The number of rotatable bonds is 6. The fraction of sp³-hybridized carbons (Fsp3) is 0.290. The molecule has 103 heavy (non-hydrogen) atoms. The van der Waals surface area contributed by atoms with E-state index in [1.807, 2.05) is 37.9 Å². The Labute approximate surface area is 627 Å². The number of para-hydroxylation sites is 4. The number of hydrogen-bond acceptors (Lipinski definition) is 6. The molecule has 0 unspecified atom stereocenters. The zero-order valence-electron chi connectivity index (χ0n) is 63.2. The van der Waals surface area contributed by atoms with Gasteiger partial charge in [0.05, 0.1) is 39.5 Å². The van der Waals surface area contributed by atoms with Gasteiger partial charge in [-0.1, -0.05) is 244 Å². The number of pyridine rings is 1. The number of furan rings is 1. The van der Waals surface area contributed by atoms with E-state index in [4.69, 9.17) is 9.40 Å². The summed E-state index contributed by atoms with van der Waals surface area (Å²) in [5.41, 5.74) is 33.5. The van der Waals surface area contributed by atoms with Crippen LogP contribution in [0.25, 0.3) is 72.4 Å². The number of anilines is 6. The summed E-state index contributed by atoms with van der Waals surface area (Å²) in [5, 5.41) is 2.11.